The summed E-state index contributed by atoms with van der Waals surface area (Å²) in [7, 11) is 0. The van der Waals surface area contributed by atoms with Crippen LogP contribution in [0.25, 0.3) is 22.9 Å². The summed E-state index contributed by atoms with van der Waals surface area (Å²) in [5.74, 6) is -2.59. The topological polar surface area (TPSA) is 185 Å². The molecular formula is C34H27BrF4N6O8. The van der Waals surface area contributed by atoms with E-state index in [9.17, 15) is 36.7 Å². The van der Waals surface area contributed by atoms with Gasteiger partial charge in [0.05, 0.1) is 17.7 Å². The third-order valence-electron chi connectivity index (χ3n) is 6.41. The van der Waals surface area contributed by atoms with Gasteiger partial charge in [-0.2, -0.15) is 17.6 Å². The maximum atomic E-state index is 12.5. The van der Waals surface area contributed by atoms with Crippen LogP contribution >= 0.6 is 15.9 Å². The number of aromatic nitrogens is 6. The lowest BCUT2D eigenvalue weighted by atomic mass is 10.2. The molecule has 0 aliphatic rings. The number of carbonyl (C=O) groups is 2. The van der Waals surface area contributed by atoms with E-state index in [1.165, 1.54) is 41.2 Å². The minimum Gasteiger partial charge on any atom is -0.461 e. The summed E-state index contributed by atoms with van der Waals surface area (Å²) in [6, 6.07) is 22.7. The van der Waals surface area contributed by atoms with E-state index < -0.39 is 36.2 Å². The van der Waals surface area contributed by atoms with Crippen molar-refractivity contribution in [3.05, 3.63) is 141 Å². The summed E-state index contributed by atoms with van der Waals surface area (Å²) in [5, 5.41) is 13.9. The summed E-state index contributed by atoms with van der Waals surface area (Å²) in [6.45, 7) is 0.556. The van der Waals surface area contributed by atoms with Crippen molar-refractivity contribution in [2.75, 3.05) is 18.5 Å². The molecule has 0 unspecified atom stereocenters. The van der Waals surface area contributed by atoms with Gasteiger partial charge >= 0.3 is 24.8 Å². The summed E-state index contributed by atoms with van der Waals surface area (Å²) in [4.78, 5) is 48.4. The van der Waals surface area contributed by atoms with Gasteiger partial charge in [0.15, 0.2) is 0 Å². The molecule has 53 heavy (non-hydrogen) atoms. The second kappa shape index (κ2) is 20.0. The molecule has 276 valence electrons. The number of hydrogen-bond acceptors (Lipinski definition) is 12. The molecule has 0 fully saturated rings. The summed E-state index contributed by atoms with van der Waals surface area (Å²) >= 11 is 3.17. The fourth-order valence-electron chi connectivity index (χ4n) is 3.97. The van der Waals surface area contributed by atoms with Crippen molar-refractivity contribution in [2.24, 2.45) is 0 Å². The molecule has 19 heteroatoms. The van der Waals surface area contributed by atoms with Crippen LogP contribution in [0.3, 0.4) is 0 Å². The molecule has 0 saturated carbocycles. The standard InChI is InChI=1S/C17H13F2N3O4.C9H9BrO2.C8H5F2N3O2/c18-14(19)16-21-20-15(26-16)12-6-7-22(13(23)10-12)8-9-25-17(24)11-4-2-1-3-5-11;10-6-7-12-9(11)8-4-2-1-3-5-8;9-6(10)8-13-12-7(15-8)4-1-2-11-5(14)3-4/h1-7,10,14H,8-9H2;1-5H,6-7H2;1-3,6H,(H,11,14). The lowest BCUT2D eigenvalue weighted by molar-refractivity contribution is 0.0488. The molecule has 0 aliphatic heterocycles. The number of halogens is 5. The Bertz CT molecular complexity index is 2180. The largest absolute Gasteiger partial charge is 0.461 e. The molecule has 0 saturated heterocycles. The van der Waals surface area contributed by atoms with Crippen LogP contribution in [-0.4, -0.2) is 60.4 Å². The number of carbonyl (C=O) groups excluding carboxylic acids is 2. The van der Waals surface area contributed by atoms with E-state index in [0.29, 0.717) is 28.6 Å². The number of nitrogens with zero attached hydrogens (tertiary/aromatic N) is 5. The minimum atomic E-state index is -2.88. The Hall–Kier alpha value is -6.24. The van der Waals surface area contributed by atoms with Gasteiger partial charge in [-0.15, -0.1) is 20.4 Å². The predicted molar refractivity (Wildman–Crippen MR) is 182 cm³/mol. The average Bonchev–Trinajstić information content (AvgIpc) is 3.88. The highest BCUT2D eigenvalue weighted by Crippen LogP contribution is 2.23. The number of ether oxygens (including phenoxy) is 2. The van der Waals surface area contributed by atoms with Crippen molar-refractivity contribution < 1.29 is 45.5 Å². The van der Waals surface area contributed by atoms with Crippen LogP contribution in [0.15, 0.2) is 116 Å². The molecule has 0 aliphatic carbocycles. The van der Waals surface area contributed by atoms with Crippen molar-refractivity contribution in [2.45, 2.75) is 19.4 Å². The van der Waals surface area contributed by atoms with Crippen LogP contribution in [0.1, 0.15) is 45.3 Å². The van der Waals surface area contributed by atoms with E-state index in [4.69, 9.17) is 13.9 Å². The lowest BCUT2D eigenvalue weighted by Crippen LogP contribution is -2.22. The van der Waals surface area contributed by atoms with Crippen molar-refractivity contribution in [1.29, 1.82) is 0 Å². The molecule has 4 heterocycles. The van der Waals surface area contributed by atoms with E-state index in [-0.39, 0.29) is 42.0 Å². The first-order chi connectivity index (χ1) is 25.5. The molecule has 4 aromatic heterocycles. The monoisotopic (exact) mass is 802 g/mol. The van der Waals surface area contributed by atoms with Crippen molar-refractivity contribution in [1.82, 2.24) is 29.9 Å². The highest BCUT2D eigenvalue weighted by Gasteiger charge is 2.18. The van der Waals surface area contributed by atoms with Crippen molar-refractivity contribution in [3.63, 3.8) is 0 Å². The molecule has 0 atom stereocenters. The molecular weight excluding hydrogens is 776 g/mol. The highest BCUT2D eigenvalue weighted by molar-refractivity contribution is 9.09. The number of aromatic amines is 1. The van der Waals surface area contributed by atoms with Crippen LogP contribution in [0.2, 0.25) is 0 Å². The Morgan fingerprint density at radius 1 is 0.717 bits per heavy atom. The van der Waals surface area contributed by atoms with Gasteiger partial charge in [0.2, 0.25) is 17.3 Å². The smallest absolute Gasteiger partial charge is 0.338 e. The normalized spacial score (nSPS) is 10.5. The van der Waals surface area contributed by atoms with Gasteiger partial charge in [-0.3, -0.25) is 9.59 Å². The third-order valence-corrected chi connectivity index (χ3v) is 6.74. The zero-order chi connectivity index (χ0) is 38.2. The number of pyridine rings is 2. The Balaban J connectivity index is 0.000000196. The molecule has 0 amide bonds. The van der Waals surface area contributed by atoms with Gasteiger partial charge in [0, 0.05) is 41.0 Å². The molecule has 1 N–H and O–H groups in total. The van der Waals surface area contributed by atoms with Crippen LogP contribution in [0.5, 0.6) is 0 Å². The number of nitrogens with one attached hydrogen (secondary N) is 1. The van der Waals surface area contributed by atoms with Gasteiger partial charge < -0.3 is 27.9 Å². The van der Waals surface area contributed by atoms with Crippen LogP contribution < -0.4 is 11.1 Å². The highest BCUT2D eigenvalue weighted by atomic mass is 79.9. The Labute approximate surface area is 304 Å². The minimum absolute atomic E-state index is 0.00304. The van der Waals surface area contributed by atoms with Crippen molar-refractivity contribution in [3.8, 4) is 22.9 Å². The van der Waals surface area contributed by atoms with E-state index >= 15 is 0 Å². The van der Waals surface area contributed by atoms with Crippen LogP contribution in [0, 0.1) is 0 Å². The fourth-order valence-corrected chi connectivity index (χ4v) is 4.13. The first kappa shape index (κ1) is 39.5. The summed E-state index contributed by atoms with van der Waals surface area (Å²) in [6.07, 6.45) is -2.89. The Morgan fingerprint density at radius 3 is 1.68 bits per heavy atom. The van der Waals surface area contributed by atoms with Crippen LogP contribution in [0.4, 0.5) is 17.6 Å². The second-order valence-electron chi connectivity index (χ2n) is 10.1. The molecule has 0 spiro atoms. The SMILES string of the molecule is O=C(OCCBr)c1ccccc1.O=C(OCCn1ccc(-c2nnc(C(F)F)o2)cc1=O)c1ccccc1.O=c1cc(-c2nnc(C(F)F)o2)cc[nH]1. The molecule has 6 aromatic rings. The van der Waals surface area contributed by atoms with E-state index in [1.807, 2.05) is 18.2 Å². The molecule has 14 nitrogen and oxygen atoms in total. The van der Waals surface area contributed by atoms with Gasteiger partial charge in [0.1, 0.15) is 13.2 Å². The third kappa shape index (κ3) is 12.2. The first-order valence-electron chi connectivity index (χ1n) is 15.2. The number of hydrogen-bond donors (Lipinski definition) is 1. The Kier molecular flexibility index (Phi) is 14.9. The van der Waals surface area contributed by atoms with Gasteiger partial charge in [-0.25, -0.2) is 9.59 Å². The zero-order valence-electron chi connectivity index (χ0n) is 27.1. The molecule has 6 rings (SSSR count). The quantitative estimate of drug-likeness (QED) is 0.0878. The first-order valence-corrected chi connectivity index (χ1v) is 16.3. The number of esters is 2. The number of rotatable bonds is 11. The average molecular weight is 804 g/mol. The van der Waals surface area contributed by atoms with Gasteiger partial charge in [-0.1, -0.05) is 52.3 Å². The Morgan fingerprint density at radius 2 is 1.23 bits per heavy atom. The number of H-pyrrole nitrogens is 1. The predicted octanol–water partition coefficient (Wildman–Crippen LogP) is 6.29. The maximum absolute atomic E-state index is 12.5. The van der Waals surface area contributed by atoms with E-state index in [2.05, 4.69) is 45.7 Å². The fraction of sp³-hybridized carbons (Fsp3) is 0.176. The number of alkyl halides is 5. The second-order valence-corrected chi connectivity index (χ2v) is 10.9. The lowest BCUT2D eigenvalue weighted by Gasteiger charge is -2.07. The molecule has 0 radical (unpaired) electrons. The number of benzene rings is 2. The summed E-state index contributed by atoms with van der Waals surface area (Å²) in [5.41, 5.74) is 0.754. The maximum Gasteiger partial charge on any atom is 0.338 e. The van der Waals surface area contributed by atoms with Crippen LogP contribution in [-0.2, 0) is 16.0 Å². The zero-order valence-corrected chi connectivity index (χ0v) is 28.7. The molecule has 0 bridgehead atoms. The summed E-state index contributed by atoms with van der Waals surface area (Å²) < 4.78 is 69.9. The van der Waals surface area contributed by atoms with E-state index in [0.717, 1.165) is 0 Å². The van der Waals surface area contributed by atoms with Gasteiger partial charge in [0.25, 0.3) is 17.3 Å². The van der Waals surface area contributed by atoms with Gasteiger partial charge in [-0.05, 0) is 36.4 Å². The molecule has 2 aromatic carbocycles. The van der Waals surface area contributed by atoms with E-state index in [1.54, 1.807) is 42.5 Å². The van der Waals surface area contributed by atoms with Crippen molar-refractivity contribution >= 4 is 27.9 Å².